The van der Waals surface area contributed by atoms with E-state index >= 15 is 0 Å². The highest BCUT2D eigenvalue weighted by Crippen LogP contribution is 2.20. The lowest BCUT2D eigenvalue weighted by atomic mass is 10.2. The predicted octanol–water partition coefficient (Wildman–Crippen LogP) is 1.91. The van der Waals surface area contributed by atoms with Gasteiger partial charge in [-0.2, -0.15) is 0 Å². The monoisotopic (exact) mass is 327 g/mol. The summed E-state index contributed by atoms with van der Waals surface area (Å²) in [5.74, 6) is -0.969. The van der Waals surface area contributed by atoms with E-state index in [0.717, 1.165) is 0 Å². The molecule has 0 saturated carbocycles. The molecule has 0 heterocycles. The number of ether oxygens (including phenoxy) is 2. The Kier molecular flexibility index (Phi) is 8.00. The van der Waals surface area contributed by atoms with Crippen LogP contribution in [0.25, 0.3) is 0 Å². The molecule has 0 bridgehead atoms. The van der Waals surface area contributed by atoms with Gasteiger partial charge < -0.3 is 25.0 Å². The molecule has 0 atom stereocenters. The van der Waals surface area contributed by atoms with Crippen molar-refractivity contribution < 1.29 is 23.5 Å². The number of nitrogens with zero attached hydrogens (tertiary/aromatic N) is 1. The summed E-state index contributed by atoms with van der Waals surface area (Å²) < 4.78 is 23.5. The smallest absolute Gasteiger partial charge is 0.322 e. The molecule has 23 heavy (non-hydrogen) atoms. The minimum absolute atomic E-state index is 0.00985. The summed E-state index contributed by atoms with van der Waals surface area (Å²) in [6.45, 7) is 2.84. The van der Waals surface area contributed by atoms with Crippen molar-refractivity contribution in [3.63, 3.8) is 0 Å². The van der Waals surface area contributed by atoms with E-state index < -0.39 is 11.7 Å². The Labute approximate surface area is 134 Å². The van der Waals surface area contributed by atoms with Crippen LogP contribution < -0.4 is 10.6 Å². The summed E-state index contributed by atoms with van der Waals surface area (Å²) >= 11 is 0. The highest BCUT2D eigenvalue weighted by atomic mass is 19.1. The average Bonchev–Trinajstić information content (AvgIpc) is 2.50. The van der Waals surface area contributed by atoms with Crippen LogP contribution in [-0.4, -0.2) is 57.4 Å². The van der Waals surface area contributed by atoms with E-state index in [0.29, 0.717) is 32.0 Å². The van der Waals surface area contributed by atoms with Gasteiger partial charge in [0.15, 0.2) is 0 Å². The lowest BCUT2D eigenvalue weighted by Crippen LogP contribution is -2.39. The van der Waals surface area contributed by atoms with Crippen molar-refractivity contribution in [3.8, 4) is 0 Å². The first-order valence-corrected chi connectivity index (χ1v) is 7.09. The van der Waals surface area contributed by atoms with E-state index in [4.69, 9.17) is 9.47 Å². The van der Waals surface area contributed by atoms with Gasteiger partial charge in [0, 0.05) is 39.9 Å². The third kappa shape index (κ3) is 6.62. The molecule has 1 aromatic rings. The molecule has 0 radical (unpaired) electrons. The maximum atomic E-state index is 13.6. The minimum atomic E-state index is -0.575. The second-order valence-corrected chi connectivity index (χ2v) is 4.78. The third-order valence-electron chi connectivity index (χ3n) is 2.95. The van der Waals surface area contributed by atoms with Crippen LogP contribution in [0.5, 0.6) is 0 Å². The van der Waals surface area contributed by atoms with Crippen molar-refractivity contribution in [1.82, 2.24) is 4.90 Å². The average molecular weight is 327 g/mol. The van der Waals surface area contributed by atoms with Crippen LogP contribution in [0.3, 0.4) is 0 Å². The molecule has 2 N–H and O–H groups in total. The molecule has 3 amide bonds. The lowest BCUT2D eigenvalue weighted by molar-refractivity contribution is -0.114. The lowest BCUT2D eigenvalue weighted by Gasteiger charge is -2.22. The van der Waals surface area contributed by atoms with Gasteiger partial charge in [0.2, 0.25) is 5.91 Å². The van der Waals surface area contributed by atoms with Gasteiger partial charge in [-0.1, -0.05) is 0 Å². The Hall–Kier alpha value is -2.19. The van der Waals surface area contributed by atoms with Gasteiger partial charge in [0.1, 0.15) is 5.82 Å². The van der Waals surface area contributed by atoms with Gasteiger partial charge in [-0.25, -0.2) is 9.18 Å². The van der Waals surface area contributed by atoms with Crippen LogP contribution in [0, 0.1) is 5.82 Å². The van der Waals surface area contributed by atoms with Crippen molar-refractivity contribution in [3.05, 3.63) is 24.0 Å². The molecular weight excluding hydrogens is 305 g/mol. The fourth-order valence-electron chi connectivity index (χ4n) is 1.81. The second-order valence-electron chi connectivity index (χ2n) is 4.78. The molecule has 128 valence electrons. The molecular formula is C15H22FN3O4. The van der Waals surface area contributed by atoms with Crippen LogP contribution in [0.15, 0.2) is 18.2 Å². The molecule has 0 saturated heterocycles. The molecule has 0 fully saturated rings. The normalized spacial score (nSPS) is 10.3. The van der Waals surface area contributed by atoms with Crippen LogP contribution in [0.4, 0.5) is 20.6 Å². The van der Waals surface area contributed by atoms with E-state index in [-0.39, 0.29) is 11.7 Å². The van der Waals surface area contributed by atoms with Crippen LogP contribution in [0.2, 0.25) is 0 Å². The molecule has 1 aromatic carbocycles. The van der Waals surface area contributed by atoms with E-state index in [1.165, 1.54) is 30.0 Å². The van der Waals surface area contributed by atoms with Gasteiger partial charge in [0.05, 0.1) is 18.9 Å². The molecule has 7 nitrogen and oxygen atoms in total. The summed E-state index contributed by atoms with van der Waals surface area (Å²) in [4.78, 5) is 24.8. The molecule has 0 aliphatic heterocycles. The number of hydrogen-bond acceptors (Lipinski definition) is 4. The quantitative estimate of drug-likeness (QED) is 0.764. The minimum Gasteiger partial charge on any atom is -0.383 e. The van der Waals surface area contributed by atoms with Gasteiger partial charge in [-0.3, -0.25) is 4.79 Å². The van der Waals surface area contributed by atoms with E-state index in [9.17, 15) is 14.0 Å². The zero-order valence-corrected chi connectivity index (χ0v) is 13.5. The Bertz CT molecular complexity index is 531. The number of methoxy groups -OCH3 is 2. The number of halogens is 1. The Morgan fingerprint density at radius 1 is 1.13 bits per heavy atom. The van der Waals surface area contributed by atoms with Crippen molar-refractivity contribution in [2.45, 2.75) is 6.92 Å². The van der Waals surface area contributed by atoms with Crippen molar-refractivity contribution in [2.75, 3.05) is 51.2 Å². The standard InChI is InChI=1S/C15H22FN3O4/c1-11(20)17-14-10-12(4-5-13(14)16)18-15(21)19(6-8-22-2)7-9-23-3/h4-5,10H,6-9H2,1-3H3,(H,17,20)(H,18,21). The first-order chi connectivity index (χ1) is 11.0. The molecule has 8 heteroatoms. The number of amides is 3. The SMILES string of the molecule is COCCN(CCOC)C(=O)Nc1ccc(F)c(NC(C)=O)c1. The van der Waals surface area contributed by atoms with Crippen LogP contribution >= 0.6 is 0 Å². The Balaban J connectivity index is 2.78. The number of nitrogens with one attached hydrogen (secondary N) is 2. The van der Waals surface area contributed by atoms with E-state index in [1.807, 2.05) is 0 Å². The summed E-state index contributed by atoms with van der Waals surface area (Å²) in [7, 11) is 3.10. The fourth-order valence-corrected chi connectivity index (χ4v) is 1.81. The van der Waals surface area contributed by atoms with Gasteiger partial charge in [-0.15, -0.1) is 0 Å². The zero-order valence-electron chi connectivity index (χ0n) is 13.5. The Morgan fingerprint density at radius 2 is 1.74 bits per heavy atom. The number of rotatable bonds is 8. The molecule has 0 aliphatic rings. The molecule has 0 unspecified atom stereocenters. The molecule has 1 rings (SSSR count). The summed E-state index contributed by atoms with van der Waals surface area (Å²) in [6.07, 6.45) is 0. The van der Waals surface area contributed by atoms with Crippen molar-refractivity contribution in [1.29, 1.82) is 0 Å². The van der Waals surface area contributed by atoms with Crippen LogP contribution in [0.1, 0.15) is 6.92 Å². The number of carbonyl (C=O) groups is 2. The zero-order chi connectivity index (χ0) is 17.2. The van der Waals surface area contributed by atoms with E-state index in [1.54, 1.807) is 14.2 Å². The van der Waals surface area contributed by atoms with Crippen LogP contribution in [-0.2, 0) is 14.3 Å². The number of benzene rings is 1. The Morgan fingerprint density at radius 3 is 2.26 bits per heavy atom. The first kappa shape index (κ1) is 18.9. The maximum Gasteiger partial charge on any atom is 0.322 e. The number of hydrogen-bond donors (Lipinski definition) is 2. The maximum absolute atomic E-state index is 13.6. The third-order valence-corrected chi connectivity index (χ3v) is 2.95. The van der Waals surface area contributed by atoms with Gasteiger partial charge in [-0.05, 0) is 18.2 Å². The highest BCUT2D eigenvalue weighted by molar-refractivity contribution is 5.92. The van der Waals surface area contributed by atoms with Crippen molar-refractivity contribution in [2.24, 2.45) is 0 Å². The largest absolute Gasteiger partial charge is 0.383 e. The summed E-state index contributed by atoms with van der Waals surface area (Å²) in [6, 6.07) is 3.60. The molecule has 0 spiro atoms. The highest BCUT2D eigenvalue weighted by Gasteiger charge is 2.14. The molecule has 0 aliphatic carbocycles. The fraction of sp³-hybridized carbons (Fsp3) is 0.467. The molecule has 0 aromatic heterocycles. The first-order valence-electron chi connectivity index (χ1n) is 7.09. The number of anilines is 2. The van der Waals surface area contributed by atoms with E-state index in [2.05, 4.69) is 10.6 Å². The van der Waals surface area contributed by atoms with Gasteiger partial charge >= 0.3 is 6.03 Å². The summed E-state index contributed by atoms with van der Waals surface area (Å²) in [5, 5.41) is 5.02. The summed E-state index contributed by atoms with van der Waals surface area (Å²) in [5.41, 5.74) is 0.385. The second kappa shape index (κ2) is 9.75. The predicted molar refractivity (Wildman–Crippen MR) is 85.0 cm³/mol. The topological polar surface area (TPSA) is 79.9 Å². The number of urea groups is 1. The van der Waals surface area contributed by atoms with Crippen molar-refractivity contribution >= 4 is 23.3 Å². The number of carbonyl (C=O) groups excluding carboxylic acids is 2. The van der Waals surface area contributed by atoms with Gasteiger partial charge in [0.25, 0.3) is 0 Å².